The Morgan fingerprint density at radius 2 is 1.59 bits per heavy atom. The van der Waals surface area contributed by atoms with Crippen molar-refractivity contribution in [1.29, 1.82) is 0 Å². The van der Waals surface area contributed by atoms with Gasteiger partial charge in [0.1, 0.15) is 6.04 Å². The topological polar surface area (TPSA) is 69.7 Å². The molecule has 0 aliphatic carbocycles. The molecular formula is C31H33N3O3. The van der Waals surface area contributed by atoms with Gasteiger partial charge in [-0.2, -0.15) is 0 Å². The van der Waals surface area contributed by atoms with Crippen LogP contribution in [-0.2, 0) is 11.3 Å². The number of carbonyl (C=O) groups is 3. The van der Waals surface area contributed by atoms with Crippen molar-refractivity contribution in [2.75, 3.05) is 11.4 Å². The van der Waals surface area contributed by atoms with Crippen LogP contribution in [0.3, 0.4) is 0 Å². The van der Waals surface area contributed by atoms with Crippen LogP contribution in [0.4, 0.5) is 5.69 Å². The van der Waals surface area contributed by atoms with Crippen LogP contribution in [0.25, 0.3) is 0 Å². The zero-order valence-electron chi connectivity index (χ0n) is 21.6. The molecule has 3 aromatic carbocycles. The molecule has 5 rings (SSSR count). The Kier molecular flexibility index (Phi) is 6.83. The largest absolute Gasteiger partial charge is 0.346 e. The van der Waals surface area contributed by atoms with Gasteiger partial charge in [-0.25, -0.2) is 0 Å². The lowest BCUT2D eigenvalue weighted by atomic mass is 9.99. The van der Waals surface area contributed by atoms with E-state index < -0.39 is 6.04 Å². The lowest BCUT2D eigenvalue weighted by molar-refractivity contribution is -0.122. The van der Waals surface area contributed by atoms with Crippen molar-refractivity contribution in [2.45, 2.75) is 58.2 Å². The first-order chi connectivity index (χ1) is 17.8. The lowest BCUT2D eigenvalue weighted by Gasteiger charge is -2.26. The van der Waals surface area contributed by atoms with E-state index in [1.54, 1.807) is 28.0 Å². The maximum atomic E-state index is 13.5. The minimum Gasteiger partial charge on any atom is -0.346 e. The molecule has 37 heavy (non-hydrogen) atoms. The first-order valence-electron chi connectivity index (χ1n) is 13.0. The van der Waals surface area contributed by atoms with E-state index in [4.69, 9.17) is 0 Å². The maximum Gasteiger partial charge on any atom is 0.256 e. The summed E-state index contributed by atoms with van der Waals surface area (Å²) in [6.45, 7) is 7.25. The number of hydrogen-bond donors (Lipinski definition) is 1. The molecule has 1 fully saturated rings. The number of para-hydroxylation sites is 1. The van der Waals surface area contributed by atoms with Crippen LogP contribution < -0.4 is 10.2 Å². The molecule has 2 aliphatic heterocycles. The molecular weight excluding hydrogens is 462 g/mol. The number of fused-ring (bicyclic) bond motifs is 2. The molecule has 190 valence electrons. The van der Waals surface area contributed by atoms with Crippen molar-refractivity contribution >= 4 is 23.4 Å². The second-order valence-corrected chi connectivity index (χ2v) is 10.3. The first-order valence-corrected chi connectivity index (χ1v) is 13.0. The fourth-order valence-corrected chi connectivity index (χ4v) is 5.25. The Balaban J connectivity index is 1.30. The molecule has 0 bridgehead atoms. The zero-order chi connectivity index (χ0) is 26.1. The third-order valence-corrected chi connectivity index (χ3v) is 7.50. The van der Waals surface area contributed by atoms with Gasteiger partial charge in [-0.15, -0.1) is 0 Å². The summed E-state index contributed by atoms with van der Waals surface area (Å²) in [5, 5.41) is 3.07. The number of amides is 3. The third kappa shape index (κ3) is 4.88. The Morgan fingerprint density at radius 1 is 0.919 bits per heavy atom. The van der Waals surface area contributed by atoms with E-state index in [2.05, 4.69) is 43.4 Å². The average molecular weight is 496 g/mol. The molecule has 1 saturated heterocycles. The van der Waals surface area contributed by atoms with Crippen LogP contribution in [0.1, 0.15) is 83.0 Å². The number of hydrogen-bond acceptors (Lipinski definition) is 3. The summed E-state index contributed by atoms with van der Waals surface area (Å²) in [6.07, 6.45) is 1.52. The van der Waals surface area contributed by atoms with Gasteiger partial charge in [-0.05, 0) is 66.6 Å². The van der Waals surface area contributed by atoms with Gasteiger partial charge in [0.25, 0.3) is 11.8 Å². The van der Waals surface area contributed by atoms with Gasteiger partial charge in [-0.3, -0.25) is 14.4 Å². The summed E-state index contributed by atoms with van der Waals surface area (Å²) < 4.78 is 0. The van der Waals surface area contributed by atoms with Gasteiger partial charge < -0.3 is 15.1 Å². The Bertz CT molecular complexity index is 1310. The highest BCUT2D eigenvalue weighted by Crippen LogP contribution is 2.33. The molecule has 6 nitrogen and oxygen atoms in total. The van der Waals surface area contributed by atoms with E-state index in [-0.39, 0.29) is 23.8 Å². The summed E-state index contributed by atoms with van der Waals surface area (Å²) in [6, 6.07) is 22.5. The van der Waals surface area contributed by atoms with Crippen molar-refractivity contribution in [3.63, 3.8) is 0 Å². The van der Waals surface area contributed by atoms with Crippen LogP contribution in [0.15, 0.2) is 72.8 Å². The smallest absolute Gasteiger partial charge is 0.256 e. The van der Waals surface area contributed by atoms with Gasteiger partial charge in [0, 0.05) is 12.1 Å². The van der Waals surface area contributed by atoms with Crippen molar-refractivity contribution in [2.24, 2.45) is 0 Å². The molecule has 2 heterocycles. The molecule has 3 amide bonds. The summed E-state index contributed by atoms with van der Waals surface area (Å²) in [4.78, 5) is 43.0. The molecule has 2 aliphatic rings. The van der Waals surface area contributed by atoms with Gasteiger partial charge in [0.2, 0.25) is 5.91 Å². The number of benzene rings is 3. The third-order valence-electron chi connectivity index (χ3n) is 7.50. The average Bonchev–Trinajstić information content (AvgIpc) is 3.39. The predicted octanol–water partition coefficient (Wildman–Crippen LogP) is 5.45. The van der Waals surface area contributed by atoms with Crippen LogP contribution in [0.5, 0.6) is 0 Å². The highest BCUT2D eigenvalue weighted by Gasteiger charge is 2.41. The Labute approximate surface area is 218 Å². The predicted molar refractivity (Wildman–Crippen MR) is 145 cm³/mol. The van der Waals surface area contributed by atoms with Crippen LogP contribution in [0.2, 0.25) is 0 Å². The van der Waals surface area contributed by atoms with Crippen molar-refractivity contribution < 1.29 is 14.4 Å². The lowest BCUT2D eigenvalue weighted by Crippen LogP contribution is -2.44. The van der Waals surface area contributed by atoms with E-state index in [0.29, 0.717) is 42.2 Å². The van der Waals surface area contributed by atoms with Gasteiger partial charge >= 0.3 is 0 Å². The number of nitrogens with one attached hydrogen (secondary N) is 1. The zero-order valence-corrected chi connectivity index (χ0v) is 21.6. The van der Waals surface area contributed by atoms with E-state index in [1.165, 1.54) is 5.56 Å². The number of anilines is 1. The molecule has 0 radical (unpaired) electrons. The van der Waals surface area contributed by atoms with Crippen LogP contribution >= 0.6 is 0 Å². The molecule has 0 saturated carbocycles. The molecule has 6 heteroatoms. The molecule has 3 aromatic rings. The van der Waals surface area contributed by atoms with Gasteiger partial charge in [0.15, 0.2) is 0 Å². The normalized spacial score (nSPS) is 17.9. The molecule has 1 N–H and O–H groups in total. The van der Waals surface area contributed by atoms with Crippen LogP contribution in [0, 0.1) is 0 Å². The van der Waals surface area contributed by atoms with Crippen molar-refractivity contribution in [3.05, 3.63) is 101 Å². The summed E-state index contributed by atoms with van der Waals surface area (Å²) in [5.41, 5.74) is 5.00. The minimum absolute atomic E-state index is 0.0464. The SMILES string of the molecule is CC(C)c1ccc([C@H](C)NC(=O)c2ccc(CN3C(=O)[C@@H]4CCCN4C(=O)c4ccccc43)cc2)cc1. The molecule has 0 aromatic heterocycles. The molecule has 0 unspecified atom stereocenters. The Hall–Kier alpha value is -3.93. The van der Waals surface area contributed by atoms with E-state index in [1.807, 2.05) is 37.3 Å². The Morgan fingerprint density at radius 3 is 2.30 bits per heavy atom. The van der Waals surface area contributed by atoms with Gasteiger partial charge in [0.05, 0.1) is 23.8 Å². The van der Waals surface area contributed by atoms with Gasteiger partial charge in [-0.1, -0.05) is 62.4 Å². The fraction of sp³-hybridized carbons (Fsp3) is 0.323. The second-order valence-electron chi connectivity index (χ2n) is 10.3. The van der Waals surface area contributed by atoms with E-state index >= 15 is 0 Å². The van der Waals surface area contributed by atoms with E-state index in [0.717, 1.165) is 17.5 Å². The minimum atomic E-state index is -0.416. The second kappa shape index (κ2) is 10.2. The monoisotopic (exact) mass is 495 g/mol. The van der Waals surface area contributed by atoms with Crippen LogP contribution in [-0.4, -0.2) is 35.2 Å². The molecule has 2 atom stereocenters. The fourth-order valence-electron chi connectivity index (χ4n) is 5.25. The van der Waals surface area contributed by atoms with Crippen molar-refractivity contribution in [3.8, 4) is 0 Å². The summed E-state index contributed by atoms with van der Waals surface area (Å²) >= 11 is 0. The van der Waals surface area contributed by atoms with Crippen molar-refractivity contribution in [1.82, 2.24) is 10.2 Å². The standard InChI is InChI=1S/C31H33N3O3/c1-20(2)23-14-16-24(17-15-23)21(3)32-29(35)25-12-10-22(11-13-25)19-34-27-8-5-4-7-26(27)30(36)33-18-6-9-28(33)31(34)37/h4-5,7-8,10-17,20-21,28H,6,9,18-19H2,1-3H3,(H,32,35)/t21-,28-/m0/s1. The summed E-state index contributed by atoms with van der Waals surface area (Å²) in [7, 11) is 0. The number of nitrogens with zero attached hydrogens (tertiary/aromatic N) is 2. The number of rotatable bonds is 6. The summed E-state index contributed by atoms with van der Waals surface area (Å²) in [5.74, 6) is 0.201. The maximum absolute atomic E-state index is 13.5. The highest BCUT2D eigenvalue weighted by molar-refractivity contribution is 6.11. The van der Waals surface area contributed by atoms with E-state index in [9.17, 15) is 14.4 Å². The molecule has 0 spiro atoms. The first kappa shape index (κ1) is 24.8. The quantitative estimate of drug-likeness (QED) is 0.494. The number of carbonyl (C=O) groups excluding carboxylic acids is 3. The highest BCUT2D eigenvalue weighted by atomic mass is 16.2.